The predicted molar refractivity (Wildman–Crippen MR) is 89.2 cm³/mol. The van der Waals surface area contributed by atoms with Crippen LogP contribution in [0.4, 0.5) is 0 Å². The van der Waals surface area contributed by atoms with Gasteiger partial charge < -0.3 is 10.4 Å². The zero-order valence-electron chi connectivity index (χ0n) is 12.9. The van der Waals surface area contributed by atoms with Crippen molar-refractivity contribution in [3.8, 4) is 0 Å². The summed E-state index contributed by atoms with van der Waals surface area (Å²) in [6, 6.07) is 7.93. The fraction of sp³-hybridized carbons (Fsp3) is 0.471. The average molecular weight is 305 g/mol. The summed E-state index contributed by atoms with van der Waals surface area (Å²) in [6.07, 6.45) is 3.14. The fourth-order valence-corrected chi connectivity index (χ4v) is 3.91. The van der Waals surface area contributed by atoms with Crippen LogP contribution in [0.2, 0.25) is 0 Å². The van der Waals surface area contributed by atoms with Crippen molar-refractivity contribution in [1.82, 2.24) is 5.32 Å². The van der Waals surface area contributed by atoms with Gasteiger partial charge in [0.15, 0.2) is 0 Å². The molecule has 2 N–H and O–H groups in total. The first kappa shape index (κ1) is 16.0. The van der Waals surface area contributed by atoms with Gasteiger partial charge in [-0.3, -0.25) is 0 Å². The number of rotatable bonds is 7. The maximum atomic E-state index is 11.5. The largest absolute Gasteiger partial charge is 0.477 e. The zero-order valence-corrected chi connectivity index (χ0v) is 13.7. The Morgan fingerprint density at radius 3 is 2.38 bits per heavy atom. The van der Waals surface area contributed by atoms with Crippen LogP contribution in [0.15, 0.2) is 24.3 Å². The van der Waals surface area contributed by atoms with Crippen LogP contribution in [-0.2, 0) is 6.54 Å². The molecule has 0 saturated carbocycles. The van der Waals surface area contributed by atoms with Gasteiger partial charge >= 0.3 is 5.97 Å². The van der Waals surface area contributed by atoms with E-state index in [-0.39, 0.29) is 5.54 Å². The molecule has 21 heavy (non-hydrogen) atoms. The lowest BCUT2D eigenvalue weighted by molar-refractivity contribution is 0.0700. The Hall–Kier alpha value is -1.39. The number of thiophene rings is 1. The minimum absolute atomic E-state index is 0.0960. The van der Waals surface area contributed by atoms with Gasteiger partial charge in [0.1, 0.15) is 4.88 Å². The smallest absolute Gasteiger partial charge is 0.346 e. The number of carbonyl (C=O) groups is 1. The van der Waals surface area contributed by atoms with Crippen molar-refractivity contribution < 1.29 is 9.90 Å². The highest BCUT2D eigenvalue weighted by Crippen LogP contribution is 2.32. The van der Waals surface area contributed by atoms with Gasteiger partial charge in [-0.05, 0) is 36.3 Å². The Kier molecular flexibility index (Phi) is 5.01. The number of hydrogen-bond donors (Lipinski definition) is 2. The van der Waals surface area contributed by atoms with Gasteiger partial charge in [-0.25, -0.2) is 4.79 Å². The molecular formula is C17H23NO2S. The molecule has 0 atom stereocenters. The van der Waals surface area contributed by atoms with Crippen molar-refractivity contribution in [2.24, 2.45) is 0 Å². The first-order valence-corrected chi connectivity index (χ1v) is 8.37. The quantitative estimate of drug-likeness (QED) is 0.782. The lowest BCUT2D eigenvalue weighted by Crippen LogP contribution is -2.43. The Morgan fingerprint density at radius 1 is 1.19 bits per heavy atom. The second kappa shape index (κ2) is 6.58. The summed E-state index contributed by atoms with van der Waals surface area (Å²) in [7, 11) is 0. The standard InChI is InChI=1S/C17H23NO2S/c1-4-17(5-2,6-3)18-11-13-12-9-7-8-10-14(12)21-15(13)16(19)20/h7-10,18H,4-6,11H2,1-3H3,(H,19,20). The number of carboxylic acid groups (broad SMARTS) is 1. The fourth-order valence-electron chi connectivity index (χ4n) is 2.85. The molecule has 1 aromatic carbocycles. The first-order valence-electron chi connectivity index (χ1n) is 7.55. The molecule has 0 aliphatic carbocycles. The Balaban J connectivity index is 2.37. The van der Waals surface area contributed by atoms with Crippen LogP contribution in [0, 0.1) is 0 Å². The minimum atomic E-state index is -0.830. The summed E-state index contributed by atoms with van der Waals surface area (Å²) in [5.41, 5.74) is 1.02. The van der Waals surface area contributed by atoms with Gasteiger partial charge in [-0.15, -0.1) is 11.3 Å². The van der Waals surface area contributed by atoms with E-state index in [9.17, 15) is 9.90 Å². The van der Waals surface area contributed by atoms with Crippen molar-refractivity contribution in [3.63, 3.8) is 0 Å². The van der Waals surface area contributed by atoms with E-state index in [1.165, 1.54) is 11.3 Å². The van der Waals surface area contributed by atoms with E-state index < -0.39 is 5.97 Å². The first-order chi connectivity index (χ1) is 10.1. The van der Waals surface area contributed by atoms with Crippen molar-refractivity contribution >= 4 is 27.4 Å². The highest BCUT2D eigenvalue weighted by Gasteiger charge is 2.25. The third-order valence-corrected chi connectivity index (χ3v) is 5.76. The van der Waals surface area contributed by atoms with Crippen LogP contribution >= 0.6 is 11.3 Å². The molecule has 3 nitrogen and oxygen atoms in total. The van der Waals surface area contributed by atoms with Gasteiger partial charge in [-0.2, -0.15) is 0 Å². The van der Waals surface area contributed by atoms with Crippen LogP contribution < -0.4 is 5.32 Å². The molecule has 0 radical (unpaired) electrons. The second-order valence-corrected chi connectivity index (χ2v) is 6.46. The molecular weight excluding hydrogens is 282 g/mol. The lowest BCUT2D eigenvalue weighted by Gasteiger charge is -2.32. The van der Waals surface area contributed by atoms with E-state index in [1.807, 2.05) is 24.3 Å². The molecule has 0 fully saturated rings. The molecule has 4 heteroatoms. The molecule has 0 unspecified atom stereocenters. The van der Waals surface area contributed by atoms with Gasteiger partial charge in [0.05, 0.1) is 0 Å². The summed E-state index contributed by atoms with van der Waals surface area (Å²) < 4.78 is 1.04. The van der Waals surface area contributed by atoms with E-state index >= 15 is 0 Å². The molecule has 0 amide bonds. The lowest BCUT2D eigenvalue weighted by atomic mass is 9.89. The van der Waals surface area contributed by atoms with E-state index in [0.29, 0.717) is 11.4 Å². The summed E-state index contributed by atoms with van der Waals surface area (Å²) in [5, 5.41) is 14.1. The van der Waals surface area contributed by atoms with Crippen LogP contribution in [0.25, 0.3) is 10.1 Å². The van der Waals surface area contributed by atoms with Crippen molar-refractivity contribution in [2.75, 3.05) is 0 Å². The molecule has 114 valence electrons. The van der Waals surface area contributed by atoms with E-state index in [4.69, 9.17) is 0 Å². The number of fused-ring (bicyclic) bond motifs is 1. The molecule has 2 rings (SSSR count). The number of benzene rings is 1. The summed E-state index contributed by atoms with van der Waals surface area (Å²) in [6.45, 7) is 7.17. The van der Waals surface area contributed by atoms with E-state index in [2.05, 4.69) is 26.1 Å². The normalized spacial score (nSPS) is 12.0. The summed E-state index contributed by atoms with van der Waals surface area (Å²) >= 11 is 1.37. The van der Waals surface area contributed by atoms with Crippen LogP contribution in [-0.4, -0.2) is 16.6 Å². The Bertz CT molecular complexity index is 620. The molecule has 1 heterocycles. The third-order valence-electron chi connectivity index (χ3n) is 4.56. The van der Waals surface area contributed by atoms with Crippen molar-refractivity contribution in [1.29, 1.82) is 0 Å². The topological polar surface area (TPSA) is 49.3 Å². The van der Waals surface area contributed by atoms with Crippen LogP contribution in [0.1, 0.15) is 55.3 Å². The maximum absolute atomic E-state index is 11.5. The number of carboxylic acids is 1. The van der Waals surface area contributed by atoms with Gasteiger partial charge in [0.25, 0.3) is 0 Å². The van der Waals surface area contributed by atoms with Crippen LogP contribution in [0.5, 0.6) is 0 Å². The molecule has 0 saturated heterocycles. The highest BCUT2D eigenvalue weighted by atomic mass is 32.1. The van der Waals surface area contributed by atoms with Gasteiger partial charge in [-0.1, -0.05) is 39.0 Å². The van der Waals surface area contributed by atoms with E-state index in [0.717, 1.165) is 34.9 Å². The number of nitrogens with one attached hydrogen (secondary N) is 1. The van der Waals surface area contributed by atoms with Crippen molar-refractivity contribution in [3.05, 3.63) is 34.7 Å². The number of aromatic carboxylic acids is 1. The average Bonchev–Trinajstić information content (AvgIpc) is 2.88. The highest BCUT2D eigenvalue weighted by molar-refractivity contribution is 7.21. The maximum Gasteiger partial charge on any atom is 0.346 e. The Morgan fingerprint density at radius 2 is 1.81 bits per heavy atom. The molecule has 0 aliphatic heterocycles. The molecule has 0 aliphatic rings. The Labute approximate surface area is 130 Å². The number of hydrogen-bond acceptors (Lipinski definition) is 3. The predicted octanol–water partition coefficient (Wildman–Crippen LogP) is 4.66. The zero-order chi connectivity index (χ0) is 15.5. The van der Waals surface area contributed by atoms with Crippen molar-refractivity contribution in [2.45, 2.75) is 52.1 Å². The molecule has 2 aromatic rings. The minimum Gasteiger partial charge on any atom is -0.477 e. The summed E-state index contributed by atoms with van der Waals surface area (Å²) in [5.74, 6) is -0.830. The van der Waals surface area contributed by atoms with Crippen LogP contribution in [0.3, 0.4) is 0 Å². The summed E-state index contributed by atoms with van der Waals surface area (Å²) in [4.78, 5) is 12.0. The third kappa shape index (κ3) is 3.11. The van der Waals surface area contributed by atoms with E-state index in [1.54, 1.807) is 0 Å². The monoisotopic (exact) mass is 305 g/mol. The molecule has 0 spiro atoms. The SMILES string of the molecule is CCC(CC)(CC)NCc1c(C(=O)O)sc2ccccc12. The van der Waals surface area contributed by atoms with Gasteiger partial charge in [0, 0.05) is 16.8 Å². The second-order valence-electron chi connectivity index (χ2n) is 5.41. The van der Waals surface area contributed by atoms with Gasteiger partial charge in [0.2, 0.25) is 0 Å². The molecule has 1 aromatic heterocycles. The molecule has 0 bridgehead atoms.